The Labute approximate surface area is 72.0 Å². The van der Waals surface area contributed by atoms with Crippen LogP contribution in [0.15, 0.2) is 16.6 Å². The number of phenolic OH excluding ortho intramolecular Hbond substituents is 1. The van der Waals surface area contributed by atoms with Crippen LogP contribution < -0.4 is 5.73 Å². The van der Waals surface area contributed by atoms with Gasteiger partial charge >= 0.3 is 0 Å². The Morgan fingerprint density at radius 3 is 2.73 bits per heavy atom. The van der Waals surface area contributed by atoms with Crippen LogP contribution in [0.25, 0.3) is 0 Å². The van der Waals surface area contributed by atoms with E-state index < -0.39 is 5.82 Å². The SMILES string of the molecule is NCc1ccc(O)c(F)c1Br. The van der Waals surface area contributed by atoms with Crippen LogP contribution in [0.1, 0.15) is 5.56 Å². The molecule has 0 aliphatic heterocycles. The molecule has 1 aromatic carbocycles. The van der Waals surface area contributed by atoms with E-state index in [0.29, 0.717) is 5.56 Å². The van der Waals surface area contributed by atoms with E-state index in [2.05, 4.69) is 15.9 Å². The fraction of sp³-hybridized carbons (Fsp3) is 0.143. The van der Waals surface area contributed by atoms with Gasteiger partial charge in [0.05, 0.1) is 4.47 Å². The molecule has 1 rings (SSSR count). The number of hydrogen-bond donors (Lipinski definition) is 2. The van der Waals surface area contributed by atoms with Gasteiger partial charge in [0, 0.05) is 6.54 Å². The lowest BCUT2D eigenvalue weighted by Crippen LogP contribution is -1.98. The van der Waals surface area contributed by atoms with Crippen molar-refractivity contribution in [3.05, 3.63) is 28.0 Å². The molecule has 4 heteroatoms. The van der Waals surface area contributed by atoms with E-state index in [9.17, 15) is 4.39 Å². The summed E-state index contributed by atoms with van der Waals surface area (Å²) in [6.45, 7) is 0.248. The lowest BCUT2D eigenvalue weighted by Gasteiger charge is -2.02. The number of benzene rings is 1. The smallest absolute Gasteiger partial charge is 0.179 e. The van der Waals surface area contributed by atoms with Crippen LogP contribution in [0.5, 0.6) is 5.75 Å². The zero-order chi connectivity index (χ0) is 8.43. The molecule has 0 aliphatic carbocycles. The Kier molecular flexibility index (Phi) is 2.46. The zero-order valence-electron chi connectivity index (χ0n) is 5.64. The monoisotopic (exact) mass is 219 g/mol. The number of halogens is 2. The molecule has 0 atom stereocenters. The molecule has 3 N–H and O–H groups in total. The fourth-order valence-corrected chi connectivity index (χ4v) is 1.23. The number of hydrogen-bond acceptors (Lipinski definition) is 2. The van der Waals surface area contributed by atoms with E-state index in [0.717, 1.165) is 0 Å². The molecule has 2 nitrogen and oxygen atoms in total. The zero-order valence-corrected chi connectivity index (χ0v) is 7.23. The first kappa shape index (κ1) is 8.49. The Morgan fingerprint density at radius 1 is 1.55 bits per heavy atom. The summed E-state index contributed by atoms with van der Waals surface area (Å²) in [6.07, 6.45) is 0. The van der Waals surface area contributed by atoms with Crippen molar-refractivity contribution in [3.63, 3.8) is 0 Å². The maximum absolute atomic E-state index is 12.8. The summed E-state index contributed by atoms with van der Waals surface area (Å²) in [6, 6.07) is 2.85. The molecule has 0 unspecified atom stereocenters. The molecular weight excluding hydrogens is 213 g/mol. The summed E-state index contributed by atoms with van der Waals surface area (Å²) >= 11 is 2.98. The van der Waals surface area contributed by atoms with Crippen molar-refractivity contribution < 1.29 is 9.50 Å². The van der Waals surface area contributed by atoms with E-state index in [1.165, 1.54) is 6.07 Å². The van der Waals surface area contributed by atoms with E-state index >= 15 is 0 Å². The van der Waals surface area contributed by atoms with Crippen LogP contribution in [0, 0.1) is 5.82 Å². The quantitative estimate of drug-likeness (QED) is 0.757. The first-order valence-electron chi connectivity index (χ1n) is 3.02. The fourth-order valence-electron chi connectivity index (χ4n) is 0.737. The molecule has 0 fully saturated rings. The van der Waals surface area contributed by atoms with Crippen LogP contribution in [-0.2, 0) is 6.54 Å². The van der Waals surface area contributed by atoms with E-state index in [4.69, 9.17) is 10.8 Å². The van der Waals surface area contributed by atoms with Gasteiger partial charge in [0.25, 0.3) is 0 Å². The average Bonchev–Trinajstić information content (AvgIpc) is 2.01. The molecular formula is C7H7BrFNO. The molecule has 0 saturated carbocycles. The molecule has 60 valence electrons. The minimum Gasteiger partial charge on any atom is -0.505 e. The van der Waals surface area contributed by atoms with E-state index in [-0.39, 0.29) is 16.8 Å². The maximum Gasteiger partial charge on any atom is 0.179 e. The van der Waals surface area contributed by atoms with E-state index in [1.807, 2.05) is 0 Å². The molecule has 0 aliphatic rings. The van der Waals surface area contributed by atoms with Gasteiger partial charge in [-0.1, -0.05) is 6.07 Å². The standard InChI is InChI=1S/C7H7BrFNO/c8-6-4(3-10)1-2-5(11)7(6)9/h1-2,11H,3,10H2. The highest BCUT2D eigenvalue weighted by atomic mass is 79.9. The maximum atomic E-state index is 12.8. The predicted molar refractivity (Wildman–Crippen MR) is 43.7 cm³/mol. The summed E-state index contributed by atoms with van der Waals surface area (Å²) in [5, 5.41) is 8.87. The van der Waals surface area contributed by atoms with Gasteiger partial charge in [0.1, 0.15) is 0 Å². The molecule has 0 aromatic heterocycles. The first-order valence-corrected chi connectivity index (χ1v) is 3.82. The molecule has 11 heavy (non-hydrogen) atoms. The Balaban J connectivity index is 3.25. The van der Waals surface area contributed by atoms with Gasteiger partial charge in [-0.05, 0) is 27.6 Å². The topological polar surface area (TPSA) is 46.2 Å². The molecule has 0 radical (unpaired) electrons. The van der Waals surface area contributed by atoms with E-state index in [1.54, 1.807) is 6.07 Å². The van der Waals surface area contributed by atoms with Crippen molar-refractivity contribution in [3.8, 4) is 5.75 Å². The summed E-state index contributed by atoms with van der Waals surface area (Å²) in [5.41, 5.74) is 5.93. The third-order valence-corrected chi connectivity index (χ3v) is 2.22. The third-order valence-electron chi connectivity index (χ3n) is 1.36. The second-order valence-corrected chi connectivity index (χ2v) is 2.87. The molecule has 0 bridgehead atoms. The van der Waals surface area contributed by atoms with Crippen molar-refractivity contribution in [1.29, 1.82) is 0 Å². The van der Waals surface area contributed by atoms with Gasteiger partial charge < -0.3 is 10.8 Å². The Bertz CT molecular complexity index is 277. The lowest BCUT2D eigenvalue weighted by molar-refractivity contribution is 0.429. The number of rotatable bonds is 1. The van der Waals surface area contributed by atoms with Crippen LogP contribution in [0.2, 0.25) is 0 Å². The third kappa shape index (κ3) is 1.52. The summed E-state index contributed by atoms with van der Waals surface area (Å²) < 4.78 is 13.1. The number of nitrogens with two attached hydrogens (primary N) is 1. The molecule has 1 aromatic rings. The highest BCUT2D eigenvalue weighted by Gasteiger charge is 2.08. The van der Waals surface area contributed by atoms with Crippen molar-refractivity contribution in [2.45, 2.75) is 6.54 Å². The largest absolute Gasteiger partial charge is 0.505 e. The summed E-state index contributed by atoms with van der Waals surface area (Å²) in [4.78, 5) is 0. The average molecular weight is 220 g/mol. The van der Waals surface area contributed by atoms with Crippen LogP contribution in [0.3, 0.4) is 0 Å². The van der Waals surface area contributed by atoms with Gasteiger partial charge in [0.2, 0.25) is 0 Å². The van der Waals surface area contributed by atoms with Gasteiger partial charge in [0.15, 0.2) is 11.6 Å². The molecule has 0 saturated heterocycles. The van der Waals surface area contributed by atoms with Crippen LogP contribution >= 0.6 is 15.9 Å². The predicted octanol–water partition coefficient (Wildman–Crippen LogP) is 1.75. The van der Waals surface area contributed by atoms with Gasteiger partial charge in [-0.2, -0.15) is 0 Å². The second kappa shape index (κ2) is 3.19. The Hall–Kier alpha value is -0.610. The normalized spacial score (nSPS) is 10.1. The van der Waals surface area contributed by atoms with Gasteiger partial charge in [-0.15, -0.1) is 0 Å². The lowest BCUT2D eigenvalue weighted by atomic mass is 10.2. The second-order valence-electron chi connectivity index (χ2n) is 2.08. The number of aromatic hydroxyl groups is 1. The van der Waals surface area contributed by atoms with Crippen molar-refractivity contribution in [2.24, 2.45) is 5.73 Å². The summed E-state index contributed by atoms with van der Waals surface area (Å²) in [7, 11) is 0. The minimum absolute atomic E-state index is 0.236. The van der Waals surface area contributed by atoms with Gasteiger partial charge in [-0.3, -0.25) is 0 Å². The molecule has 0 spiro atoms. The highest BCUT2D eigenvalue weighted by Crippen LogP contribution is 2.26. The summed E-state index contributed by atoms with van der Waals surface area (Å²) in [5.74, 6) is -1.03. The molecule has 0 heterocycles. The highest BCUT2D eigenvalue weighted by molar-refractivity contribution is 9.10. The number of phenols is 1. The van der Waals surface area contributed by atoms with Crippen LogP contribution in [0.4, 0.5) is 4.39 Å². The van der Waals surface area contributed by atoms with Crippen LogP contribution in [-0.4, -0.2) is 5.11 Å². The molecule has 0 amide bonds. The van der Waals surface area contributed by atoms with Crippen molar-refractivity contribution >= 4 is 15.9 Å². The van der Waals surface area contributed by atoms with Crippen molar-refractivity contribution in [1.82, 2.24) is 0 Å². The van der Waals surface area contributed by atoms with Gasteiger partial charge in [-0.25, -0.2) is 4.39 Å². The Morgan fingerprint density at radius 2 is 2.18 bits per heavy atom. The first-order chi connectivity index (χ1) is 5.16. The minimum atomic E-state index is -0.659. The van der Waals surface area contributed by atoms with Crippen molar-refractivity contribution in [2.75, 3.05) is 0 Å².